The second kappa shape index (κ2) is 5.15. The molecule has 0 radical (unpaired) electrons. The van der Waals surface area contributed by atoms with Gasteiger partial charge in [0, 0.05) is 16.7 Å². The number of rotatable bonds is 1. The molecular weight excluding hydrogens is 296 g/mol. The largest absolute Gasteiger partial charge is 0.456 e. The molecule has 1 aliphatic rings. The highest BCUT2D eigenvalue weighted by Gasteiger charge is 2.23. The molecule has 0 spiro atoms. The number of hydrogen-bond donors (Lipinski definition) is 0. The summed E-state index contributed by atoms with van der Waals surface area (Å²) in [6, 6.07) is 15.2. The molecule has 0 amide bonds. The van der Waals surface area contributed by atoms with Gasteiger partial charge in [0.1, 0.15) is 11.3 Å². The molecule has 4 rings (SSSR count). The molecule has 3 heteroatoms. The summed E-state index contributed by atoms with van der Waals surface area (Å²) in [5, 5.41) is 1.17. The van der Waals surface area contributed by atoms with Gasteiger partial charge >= 0.3 is 0 Å². The first-order valence-electron chi connectivity index (χ1n) is 7.23. The minimum atomic E-state index is 0.0596. The minimum absolute atomic E-state index is 0.0596. The lowest BCUT2D eigenvalue weighted by Gasteiger charge is -2.04. The van der Waals surface area contributed by atoms with Gasteiger partial charge in [0.25, 0.3) is 0 Å². The monoisotopic (exact) mass is 308 g/mol. The van der Waals surface area contributed by atoms with Crippen molar-refractivity contribution >= 4 is 34.2 Å². The Balaban J connectivity index is 1.93. The molecular formula is C19H13ClO2. The first-order valence-corrected chi connectivity index (χ1v) is 7.61. The van der Waals surface area contributed by atoms with Gasteiger partial charge in [0.15, 0.2) is 5.43 Å². The second-order valence-electron chi connectivity index (χ2n) is 5.46. The Hall–Kier alpha value is -2.32. The summed E-state index contributed by atoms with van der Waals surface area (Å²) in [5.74, 6) is 0.712. The number of fused-ring (bicyclic) bond motifs is 2. The first kappa shape index (κ1) is 13.4. The van der Waals surface area contributed by atoms with Crippen LogP contribution in [0.4, 0.5) is 0 Å². The molecule has 1 aliphatic carbocycles. The van der Waals surface area contributed by atoms with Crippen molar-refractivity contribution in [2.24, 2.45) is 0 Å². The third-order valence-electron chi connectivity index (χ3n) is 4.02. The summed E-state index contributed by atoms with van der Waals surface area (Å²) < 4.78 is 6.00. The van der Waals surface area contributed by atoms with Crippen molar-refractivity contribution in [2.75, 3.05) is 0 Å². The van der Waals surface area contributed by atoms with Gasteiger partial charge in [-0.25, -0.2) is 0 Å². The van der Waals surface area contributed by atoms with E-state index in [1.54, 1.807) is 18.2 Å². The molecule has 2 nitrogen and oxygen atoms in total. The van der Waals surface area contributed by atoms with Crippen LogP contribution in [0.5, 0.6) is 0 Å². The van der Waals surface area contributed by atoms with Gasteiger partial charge < -0.3 is 4.42 Å². The predicted molar refractivity (Wildman–Crippen MR) is 90.1 cm³/mol. The molecule has 0 fully saturated rings. The van der Waals surface area contributed by atoms with Crippen molar-refractivity contribution in [2.45, 2.75) is 12.8 Å². The summed E-state index contributed by atoms with van der Waals surface area (Å²) in [6.45, 7) is 0. The maximum Gasteiger partial charge on any atom is 0.196 e. The fraction of sp³-hybridized carbons (Fsp3) is 0.105. The van der Waals surface area contributed by atoms with E-state index in [2.05, 4.69) is 6.08 Å². The Morgan fingerprint density at radius 1 is 1.05 bits per heavy atom. The highest BCUT2D eigenvalue weighted by molar-refractivity contribution is 6.31. The zero-order chi connectivity index (χ0) is 15.1. The van der Waals surface area contributed by atoms with Crippen LogP contribution in [0.25, 0.3) is 22.6 Å². The van der Waals surface area contributed by atoms with Gasteiger partial charge in [-0.3, -0.25) is 4.79 Å². The van der Waals surface area contributed by atoms with Gasteiger partial charge in [0.2, 0.25) is 0 Å². The van der Waals surface area contributed by atoms with E-state index in [0.29, 0.717) is 21.8 Å². The minimum Gasteiger partial charge on any atom is -0.456 e. The van der Waals surface area contributed by atoms with E-state index in [4.69, 9.17) is 16.0 Å². The average Bonchev–Trinajstić information content (AvgIpc) is 2.91. The van der Waals surface area contributed by atoms with Gasteiger partial charge in [-0.15, -0.1) is 0 Å². The van der Waals surface area contributed by atoms with E-state index in [-0.39, 0.29) is 5.43 Å². The standard InChI is InChI=1S/C19H13ClO2/c20-14-7-9-15-17(11-14)22-19-13(6-8-16(19)18(15)21)10-12-4-2-1-3-5-12/h1-5,7,9-11H,6,8H2/b13-10+. The van der Waals surface area contributed by atoms with Crippen LogP contribution in [0.2, 0.25) is 5.02 Å². The first-order chi connectivity index (χ1) is 10.7. The third kappa shape index (κ3) is 2.16. The average molecular weight is 309 g/mol. The van der Waals surface area contributed by atoms with Crippen LogP contribution in [0.15, 0.2) is 57.7 Å². The van der Waals surface area contributed by atoms with E-state index < -0.39 is 0 Å². The molecule has 0 N–H and O–H groups in total. The van der Waals surface area contributed by atoms with Crippen LogP contribution in [0, 0.1) is 0 Å². The van der Waals surface area contributed by atoms with Crippen molar-refractivity contribution in [3.05, 3.63) is 80.7 Å². The molecule has 0 saturated heterocycles. The smallest absolute Gasteiger partial charge is 0.196 e. The van der Waals surface area contributed by atoms with Crippen LogP contribution in [0.1, 0.15) is 23.3 Å². The SMILES string of the molecule is O=c1c2c(oc3cc(Cl)ccc13)/C(=C/c1ccccc1)CC2. The van der Waals surface area contributed by atoms with Crippen LogP contribution >= 0.6 is 11.6 Å². The van der Waals surface area contributed by atoms with Crippen molar-refractivity contribution in [1.82, 2.24) is 0 Å². The van der Waals surface area contributed by atoms with E-state index in [1.807, 2.05) is 30.3 Å². The summed E-state index contributed by atoms with van der Waals surface area (Å²) in [7, 11) is 0. The van der Waals surface area contributed by atoms with E-state index in [0.717, 1.165) is 29.5 Å². The van der Waals surface area contributed by atoms with Crippen molar-refractivity contribution in [1.29, 1.82) is 0 Å². The zero-order valence-corrected chi connectivity index (χ0v) is 12.6. The van der Waals surface area contributed by atoms with E-state index in [1.165, 1.54) is 0 Å². The van der Waals surface area contributed by atoms with Gasteiger partial charge in [0.05, 0.1) is 5.39 Å². The van der Waals surface area contributed by atoms with Crippen molar-refractivity contribution in [3.8, 4) is 0 Å². The lowest BCUT2D eigenvalue weighted by atomic mass is 10.1. The highest BCUT2D eigenvalue weighted by Crippen LogP contribution is 2.34. The molecule has 1 heterocycles. The maximum absolute atomic E-state index is 12.6. The fourth-order valence-electron chi connectivity index (χ4n) is 2.95. The quantitative estimate of drug-likeness (QED) is 0.638. The second-order valence-corrected chi connectivity index (χ2v) is 5.90. The summed E-state index contributed by atoms with van der Waals surface area (Å²) in [4.78, 5) is 12.6. The number of hydrogen-bond acceptors (Lipinski definition) is 2. The Morgan fingerprint density at radius 2 is 1.86 bits per heavy atom. The molecule has 0 aliphatic heterocycles. The normalized spacial score (nSPS) is 15.4. The Bertz CT molecular complexity index is 952. The number of halogens is 1. The highest BCUT2D eigenvalue weighted by atomic mass is 35.5. The number of benzene rings is 2. The number of allylic oxidation sites excluding steroid dienone is 1. The molecule has 0 bridgehead atoms. The Labute approximate surface area is 132 Å². The zero-order valence-electron chi connectivity index (χ0n) is 11.8. The van der Waals surface area contributed by atoms with E-state index in [9.17, 15) is 4.79 Å². The topological polar surface area (TPSA) is 30.2 Å². The van der Waals surface area contributed by atoms with E-state index >= 15 is 0 Å². The van der Waals surface area contributed by atoms with Crippen molar-refractivity contribution < 1.29 is 4.42 Å². The van der Waals surface area contributed by atoms with Gasteiger partial charge in [-0.2, -0.15) is 0 Å². The van der Waals surface area contributed by atoms with Crippen LogP contribution < -0.4 is 5.43 Å². The van der Waals surface area contributed by atoms with Gasteiger partial charge in [-0.05, 0) is 42.2 Å². The molecule has 108 valence electrons. The lowest BCUT2D eigenvalue weighted by Crippen LogP contribution is -2.08. The third-order valence-corrected chi connectivity index (χ3v) is 4.26. The molecule has 2 aromatic carbocycles. The summed E-state index contributed by atoms with van der Waals surface area (Å²) in [5.41, 5.74) is 3.57. The molecule has 1 aromatic heterocycles. The molecule has 3 aromatic rings. The molecule has 0 saturated carbocycles. The summed E-state index contributed by atoms with van der Waals surface area (Å²) >= 11 is 6.01. The van der Waals surface area contributed by atoms with Crippen LogP contribution in [-0.2, 0) is 6.42 Å². The van der Waals surface area contributed by atoms with Crippen molar-refractivity contribution in [3.63, 3.8) is 0 Å². The molecule has 0 unspecified atom stereocenters. The molecule has 22 heavy (non-hydrogen) atoms. The lowest BCUT2D eigenvalue weighted by molar-refractivity contribution is 0.585. The fourth-order valence-corrected chi connectivity index (χ4v) is 3.12. The van der Waals surface area contributed by atoms with Gasteiger partial charge in [-0.1, -0.05) is 41.9 Å². The maximum atomic E-state index is 12.6. The van der Waals surface area contributed by atoms with Crippen LogP contribution in [0.3, 0.4) is 0 Å². The molecule has 0 atom stereocenters. The Kier molecular flexibility index (Phi) is 3.12. The summed E-state index contributed by atoms with van der Waals surface area (Å²) in [6.07, 6.45) is 3.65. The predicted octanol–water partition coefficient (Wildman–Crippen LogP) is 4.93. The van der Waals surface area contributed by atoms with Crippen LogP contribution in [-0.4, -0.2) is 0 Å². The Morgan fingerprint density at radius 3 is 2.68 bits per heavy atom.